The standard InChI is InChI=1S/C13H20N2O3/c1-17-9-5-8-12-14-13(18-15-12)10-6-3-2-4-7-11(10)16/h10H,2-9H2,1H3. The molecule has 1 fully saturated rings. The van der Waals surface area contributed by atoms with E-state index in [1.165, 1.54) is 0 Å². The normalized spacial score (nSPS) is 20.9. The number of rotatable bonds is 5. The number of hydrogen-bond acceptors (Lipinski definition) is 5. The van der Waals surface area contributed by atoms with Gasteiger partial charge in [0.2, 0.25) is 5.89 Å². The third kappa shape index (κ3) is 3.38. The molecule has 0 spiro atoms. The molecule has 1 saturated carbocycles. The van der Waals surface area contributed by atoms with Crippen molar-refractivity contribution in [1.82, 2.24) is 10.1 Å². The first-order valence-electron chi connectivity index (χ1n) is 6.65. The van der Waals surface area contributed by atoms with Crippen molar-refractivity contribution in [2.75, 3.05) is 13.7 Å². The average molecular weight is 252 g/mol. The van der Waals surface area contributed by atoms with Crippen LogP contribution in [0.2, 0.25) is 0 Å². The van der Waals surface area contributed by atoms with Gasteiger partial charge in [0.05, 0.1) is 5.92 Å². The maximum Gasteiger partial charge on any atom is 0.237 e. The van der Waals surface area contributed by atoms with Gasteiger partial charge in [-0.1, -0.05) is 18.0 Å². The van der Waals surface area contributed by atoms with Crippen LogP contribution in [0.3, 0.4) is 0 Å². The predicted molar refractivity (Wildman–Crippen MR) is 65.3 cm³/mol. The number of aromatic nitrogens is 2. The van der Waals surface area contributed by atoms with Gasteiger partial charge >= 0.3 is 0 Å². The van der Waals surface area contributed by atoms with Crippen LogP contribution < -0.4 is 0 Å². The third-order valence-corrected chi connectivity index (χ3v) is 3.34. The Morgan fingerprint density at radius 2 is 2.28 bits per heavy atom. The molecule has 0 radical (unpaired) electrons. The molecule has 1 aliphatic carbocycles. The Hall–Kier alpha value is -1.23. The smallest absolute Gasteiger partial charge is 0.237 e. The van der Waals surface area contributed by atoms with E-state index < -0.39 is 0 Å². The summed E-state index contributed by atoms with van der Waals surface area (Å²) in [6.07, 6.45) is 6.27. The van der Waals surface area contributed by atoms with Crippen LogP contribution in [0, 0.1) is 0 Å². The molecule has 1 heterocycles. The molecular weight excluding hydrogens is 232 g/mol. The van der Waals surface area contributed by atoms with E-state index in [-0.39, 0.29) is 11.7 Å². The molecule has 1 aromatic rings. The molecule has 0 N–H and O–H groups in total. The Labute approximate surface area is 107 Å². The summed E-state index contributed by atoms with van der Waals surface area (Å²) in [5, 5.41) is 3.93. The largest absolute Gasteiger partial charge is 0.385 e. The van der Waals surface area contributed by atoms with E-state index in [1.807, 2.05) is 0 Å². The van der Waals surface area contributed by atoms with E-state index in [4.69, 9.17) is 9.26 Å². The van der Waals surface area contributed by atoms with Crippen LogP contribution >= 0.6 is 0 Å². The molecule has 1 aromatic heterocycles. The second-order valence-electron chi connectivity index (χ2n) is 4.76. The van der Waals surface area contributed by atoms with Gasteiger partial charge in [0.15, 0.2) is 5.82 Å². The summed E-state index contributed by atoms with van der Waals surface area (Å²) in [6, 6.07) is 0. The zero-order valence-corrected chi connectivity index (χ0v) is 10.9. The Balaban J connectivity index is 1.97. The molecule has 1 unspecified atom stereocenters. The molecule has 100 valence electrons. The number of Topliss-reactive ketones (excluding diaryl/α,β-unsaturated/α-hetero) is 1. The summed E-state index contributed by atoms with van der Waals surface area (Å²) in [5.41, 5.74) is 0. The van der Waals surface area contributed by atoms with Crippen molar-refractivity contribution in [2.45, 2.75) is 50.9 Å². The first-order chi connectivity index (χ1) is 8.81. The van der Waals surface area contributed by atoms with E-state index in [1.54, 1.807) is 7.11 Å². The summed E-state index contributed by atoms with van der Waals surface area (Å²) in [6.45, 7) is 0.687. The van der Waals surface area contributed by atoms with E-state index >= 15 is 0 Å². The minimum absolute atomic E-state index is 0.170. The van der Waals surface area contributed by atoms with E-state index in [9.17, 15) is 4.79 Å². The lowest BCUT2D eigenvalue weighted by Gasteiger charge is -2.06. The van der Waals surface area contributed by atoms with Gasteiger partial charge in [-0.3, -0.25) is 4.79 Å². The highest BCUT2D eigenvalue weighted by molar-refractivity contribution is 5.84. The number of ketones is 1. The fraction of sp³-hybridized carbons (Fsp3) is 0.769. The zero-order valence-electron chi connectivity index (χ0n) is 10.9. The van der Waals surface area contributed by atoms with Crippen LogP contribution in [0.5, 0.6) is 0 Å². The predicted octanol–water partition coefficient (Wildman–Crippen LogP) is 2.27. The molecule has 5 nitrogen and oxygen atoms in total. The minimum atomic E-state index is -0.170. The number of methoxy groups -OCH3 is 1. The molecule has 0 aromatic carbocycles. The summed E-state index contributed by atoms with van der Waals surface area (Å²) in [4.78, 5) is 16.3. The van der Waals surface area contributed by atoms with Crippen molar-refractivity contribution in [2.24, 2.45) is 0 Å². The number of carbonyl (C=O) groups is 1. The Morgan fingerprint density at radius 3 is 3.11 bits per heavy atom. The van der Waals surface area contributed by atoms with Gasteiger partial charge in [-0.05, 0) is 19.3 Å². The highest BCUT2D eigenvalue weighted by Crippen LogP contribution is 2.27. The minimum Gasteiger partial charge on any atom is -0.385 e. The molecule has 1 aliphatic rings. The molecule has 0 saturated heterocycles. The first-order valence-corrected chi connectivity index (χ1v) is 6.65. The van der Waals surface area contributed by atoms with Gasteiger partial charge in [0, 0.05) is 26.6 Å². The summed E-state index contributed by atoms with van der Waals surface area (Å²) in [5.74, 6) is 1.27. The number of hydrogen-bond donors (Lipinski definition) is 0. The molecule has 5 heteroatoms. The van der Waals surface area contributed by atoms with Crippen molar-refractivity contribution >= 4 is 5.78 Å². The Morgan fingerprint density at radius 1 is 1.39 bits per heavy atom. The summed E-state index contributed by atoms with van der Waals surface area (Å²) < 4.78 is 10.2. The zero-order chi connectivity index (χ0) is 12.8. The summed E-state index contributed by atoms with van der Waals surface area (Å²) >= 11 is 0. The quantitative estimate of drug-likeness (QED) is 0.594. The SMILES string of the molecule is COCCCc1noc(C2CCCCCC2=O)n1. The van der Waals surface area contributed by atoms with E-state index in [0.717, 1.165) is 38.5 Å². The molecule has 0 aliphatic heterocycles. The van der Waals surface area contributed by atoms with Crippen molar-refractivity contribution in [3.63, 3.8) is 0 Å². The molecule has 1 atom stereocenters. The van der Waals surface area contributed by atoms with Crippen LogP contribution in [-0.4, -0.2) is 29.6 Å². The highest BCUT2D eigenvalue weighted by atomic mass is 16.5. The van der Waals surface area contributed by atoms with Gasteiger partial charge < -0.3 is 9.26 Å². The third-order valence-electron chi connectivity index (χ3n) is 3.34. The Bertz CT molecular complexity index is 389. The fourth-order valence-corrected chi connectivity index (χ4v) is 2.31. The van der Waals surface area contributed by atoms with Crippen LogP contribution in [-0.2, 0) is 16.0 Å². The topological polar surface area (TPSA) is 65.2 Å². The molecular formula is C13H20N2O3. The molecule has 0 amide bonds. The second-order valence-corrected chi connectivity index (χ2v) is 4.76. The van der Waals surface area contributed by atoms with Crippen LogP contribution in [0.1, 0.15) is 56.2 Å². The van der Waals surface area contributed by atoms with Gasteiger partial charge in [-0.15, -0.1) is 0 Å². The lowest BCUT2D eigenvalue weighted by molar-refractivity contribution is -0.120. The molecule has 0 bridgehead atoms. The highest BCUT2D eigenvalue weighted by Gasteiger charge is 2.27. The Kier molecular flexibility index (Phi) is 4.87. The number of ether oxygens (including phenoxy) is 1. The van der Waals surface area contributed by atoms with Gasteiger partial charge in [0.1, 0.15) is 5.78 Å². The summed E-state index contributed by atoms with van der Waals surface area (Å²) in [7, 11) is 1.67. The van der Waals surface area contributed by atoms with Gasteiger partial charge in [0.25, 0.3) is 0 Å². The van der Waals surface area contributed by atoms with E-state index in [0.29, 0.717) is 24.7 Å². The first kappa shape index (κ1) is 13.2. The molecule has 2 rings (SSSR count). The van der Waals surface area contributed by atoms with Crippen molar-refractivity contribution in [1.29, 1.82) is 0 Å². The van der Waals surface area contributed by atoms with Gasteiger partial charge in [-0.2, -0.15) is 4.98 Å². The van der Waals surface area contributed by atoms with Crippen LogP contribution in [0.25, 0.3) is 0 Å². The lowest BCUT2D eigenvalue weighted by Crippen LogP contribution is -2.11. The fourth-order valence-electron chi connectivity index (χ4n) is 2.31. The van der Waals surface area contributed by atoms with Gasteiger partial charge in [-0.25, -0.2) is 0 Å². The van der Waals surface area contributed by atoms with Crippen molar-refractivity contribution < 1.29 is 14.1 Å². The maximum absolute atomic E-state index is 11.9. The van der Waals surface area contributed by atoms with Crippen molar-refractivity contribution in [3.05, 3.63) is 11.7 Å². The number of nitrogens with zero attached hydrogens (tertiary/aromatic N) is 2. The average Bonchev–Trinajstić information content (AvgIpc) is 2.72. The number of carbonyl (C=O) groups excluding carboxylic acids is 1. The monoisotopic (exact) mass is 252 g/mol. The number of aryl methyl sites for hydroxylation is 1. The molecule has 18 heavy (non-hydrogen) atoms. The van der Waals surface area contributed by atoms with Crippen LogP contribution in [0.15, 0.2) is 4.52 Å². The van der Waals surface area contributed by atoms with Crippen molar-refractivity contribution in [3.8, 4) is 0 Å². The van der Waals surface area contributed by atoms with E-state index in [2.05, 4.69) is 10.1 Å². The lowest BCUT2D eigenvalue weighted by atomic mass is 9.99. The second kappa shape index (κ2) is 6.64. The maximum atomic E-state index is 11.9. The van der Waals surface area contributed by atoms with Crippen LogP contribution in [0.4, 0.5) is 0 Å².